The summed E-state index contributed by atoms with van der Waals surface area (Å²) < 4.78 is 0. The van der Waals surface area contributed by atoms with E-state index in [1.54, 1.807) is 0 Å². The quantitative estimate of drug-likeness (QED) is 0.654. The van der Waals surface area contributed by atoms with Crippen LogP contribution < -0.4 is 0 Å². The minimum atomic E-state index is -0.639. The normalized spacial score (nSPS) is 30.0. The SMILES string of the molecule is CCC1CCC2=NC(=O)C(C#N)C=C2C1. The summed E-state index contributed by atoms with van der Waals surface area (Å²) in [7, 11) is 0. The van der Waals surface area contributed by atoms with E-state index in [2.05, 4.69) is 11.9 Å². The van der Waals surface area contributed by atoms with E-state index in [1.807, 2.05) is 12.1 Å². The topological polar surface area (TPSA) is 53.2 Å². The van der Waals surface area contributed by atoms with Gasteiger partial charge in [0.2, 0.25) is 0 Å². The van der Waals surface area contributed by atoms with Gasteiger partial charge in [0, 0.05) is 5.71 Å². The Labute approximate surface area is 89.5 Å². The number of carbonyl (C=O) groups is 1. The maximum absolute atomic E-state index is 11.4. The fourth-order valence-electron chi connectivity index (χ4n) is 2.24. The Bertz CT molecular complexity index is 387. The van der Waals surface area contributed by atoms with Gasteiger partial charge < -0.3 is 0 Å². The highest BCUT2D eigenvalue weighted by Gasteiger charge is 2.28. The van der Waals surface area contributed by atoms with E-state index in [0.717, 1.165) is 37.0 Å². The molecule has 2 rings (SSSR count). The summed E-state index contributed by atoms with van der Waals surface area (Å²) >= 11 is 0. The summed E-state index contributed by atoms with van der Waals surface area (Å²) in [6.07, 6.45) is 5.98. The van der Waals surface area contributed by atoms with Crippen molar-refractivity contribution in [1.82, 2.24) is 0 Å². The Morgan fingerprint density at radius 2 is 2.47 bits per heavy atom. The lowest BCUT2D eigenvalue weighted by molar-refractivity contribution is -0.119. The summed E-state index contributed by atoms with van der Waals surface area (Å²) in [5.74, 6) is -0.228. The zero-order chi connectivity index (χ0) is 10.8. The van der Waals surface area contributed by atoms with Gasteiger partial charge in [-0.15, -0.1) is 0 Å². The molecule has 1 aliphatic carbocycles. The molecule has 0 aromatic heterocycles. The van der Waals surface area contributed by atoms with E-state index >= 15 is 0 Å². The molecular formula is C12H14N2O. The van der Waals surface area contributed by atoms with Crippen LogP contribution in [0.3, 0.4) is 0 Å². The van der Waals surface area contributed by atoms with Crippen molar-refractivity contribution in [3.8, 4) is 6.07 Å². The molecule has 1 saturated carbocycles. The molecule has 1 aliphatic heterocycles. The van der Waals surface area contributed by atoms with Crippen LogP contribution in [-0.2, 0) is 4.79 Å². The number of nitrogens with zero attached hydrogens (tertiary/aromatic N) is 2. The maximum Gasteiger partial charge on any atom is 0.267 e. The third-order valence-corrected chi connectivity index (χ3v) is 3.26. The standard InChI is InChI=1S/C12H14N2O/c1-2-8-3-4-11-9(5-8)6-10(7-13)12(15)14-11/h6,8,10H,2-5H2,1H3. The average Bonchev–Trinajstić information content (AvgIpc) is 2.27. The zero-order valence-corrected chi connectivity index (χ0v) is 8.86. The van der Waals surface area contributed by atoms with Crippen LogP contribution in [0.15, 0.2) is 16.6 Å². The third-order valence-electron chi connectivity index (χ3n) is 3.26. The predicted octanol–water partition coefficient (Wildman–Crippen LogP) is 2.24. The lowest BCUT2D eigenvalue weighted by atomic mass is 9.80. The molecule has 78 valence electrons. The van der Waals surface area contributed by atoms with Crippen LogP contribution in [0.25, 0.3) is 0 Å². The summed E-state index contributed by atoms with van der Waals surface area (Å²) in [6, 6.07) is 1.99. The van der Waals surface area contributed by atoms with Crippen LogP contribution in [0.2, 0.25) is 0 Å². The largest absolute Gasteiger partial charge is 0.271 e. The lowest BCUT2D eigenvalue weighted by Crippen LogP contribution is -2.24. The number of hydrogen-bond donors (Lipinski definition) is 0. The number of fused-ring (bicyclic) bond motifs is 1. The highest BCUT2D eigenvalue weighted by molar-refractivity contribution is 6.10. The Morgan fingerprint density at radius 1 is 1.67 bits per heavy atom. The number of nitriles is 1. The van der Waals surface area contributed by atoms with Crippen molar-refractivity contribution in [2.75, 3.05) is 0 Å². The number of carbonyl (C=O) groups excluding carboxylic acids is 1. The molecule has 0 N–H and O–H groups in total. The van der Waals surface area contributed by atoms with Gasteiger partial charge in [-0.3, -0.25) is 4.79 Å². The van der Waals surface area contributed by atoms with Crippen molar-refractivity contribution in [1.29, 1.82) is 5.26 Å². The molecule has 3 heteroatoms. The first-order chi connectivity index (χ1) is 7.24. The number of hydrogen-bond acceptors (Lipinski definition) is 2. The van der Waals surface area contributed by atoms with Gasteiger partial charge in [-0.1, -0.05) is 19.4 Å². The number of allylic oxidation sites excluding steroid dienone is 1. The van der Waals surface area contributed by atoms with E-state index in [1.165, 1.54) is 0 Å². The molecule has 0 spiro atoms. The summed E-state index contributed by atoms with van der Waals surface area (Å²) in [5, 5.41) is 8.79. The van der Waals surface area contributed by atoms with Crippen LogP contribution in [0.5, 0.6) is 0 Å². The maximum atomic E-state index is 11.4. The van der Waals surface area contributed by atoms with Gasteiger partial charge in [-0.05, 0) is 30.8 Å². The Morgan fingerprint density at radius 3 is 3.13 bits per heavy atom. The summed E-state index contributed by atoms with van der Waals surface area (Å²) in [4.78, 5) is 15.4. The smallest absolute Gasteiger partial charge is 0.267 e. The number of amides is 1. The third kappa shape index (κ3) is 1.85. The summed E-state index contributed by atoms with van der Waals surface area (Å²) in [6.45, 7) is 2.18. The number of aliphatic imine (C=N–C) groups is 1. The van der Waals surface area contributed by atoms with E-state index in [0.29, 0.717) is 5.92 Å². The average molecular weight is 202 g/mol. The first-order valence-corrected chi connectivity index (χ1v) is 5.46. The first kappa shape index (κ1) is 10.1. The molecule has 2 unspecified atom stereocenters. The minimum absolute atomic E-state index is 0.286. The van der Waals surface area contributed by atoms with Crippen LogP contribution >= 0.6 is 0 Å². The van der Waals surface area contributed by atoms with Gasteiger partial charge in [-0.2, -0.15) is 5.26 Å². The predicted molar refractivity (Wildman–Crippen MR) is 57.3 cm³/mol. The highest BCUT2D eigenvalue weighted by atomic mass is 16.1. The molecule has 0 bridgehead atoms. The molecule has 0 radical (unpaired) electrons. The summed E-state index contributed by atoms with van der Waals surface area (Å²) in [5.41, 5.74) is 2.07. The van der Waals surface area contributed by atoms with Crippen molar-refractivity contribution in [3.63, 3.8) is 0 Å². The van der Waals surface area contributed by atoms with E-state index < -0.39 is 5.92 Å². The molecule has 0 aromatic rings. The second kappa shape index (κ2) is 3.98. The van der Waals surface area contributed by atoms with Crippen molar-refractivity contribution < 1.29 is 4.79 Å². The van der Waals surface area contributed by atoms with Gasteiger partial charge in [0.1, 0.15) is 5.92 Å². The van der Waals surface area contributed by atoms with Gasteiger partial charge in [0.25, 0.3) is 5.91 Å². The Kier molecular flexibility index (Phi) is 2.68. The lowest BCUT2D eigenvalue weighted by Gasteiger charge is -2.27. The molecule has 3 nitrogen and oxygen atoms in total. The van der Waals surface area contributed by atoms with E-state index in [-0.39, 0.29) is 5.91 Å². The molecule has 1 fully saturated rings. The molecule has 2 atom stereocenters. The zero-order valence-electron chi connectivity index (χ0n) is 8.86. The monoisotopic (exact) mass is 202 g/mol. The van der Waals surface area contributed by atoms with Gasteiger partial charge in [0.15, 0.2) is 0 Å². The minimum Gasteiger partial charge on any atom is -0.271 e. The fraction of sp³-hybridized carbons (Fsp3) is 0.583. The molecular weight excluding hydrogens is 188 g/mol. The molecule has 1 amide bonds. The molecule has 2 aliphatic rings. The van der Waals surface area contributed by atoms with Crippen molar-refractivity contribution in [3.05, 3.63) is 11.6 Å². The second-order valence-electron chi connectivity index (χ2n) is 4.21. The van der Waals surface area contributed by atoms with Crippen LogP contribution in [0, 0.1) is 23.2 Å². The van der Waals surface area contributed by atoms with Crippen molar-refractivity contribution >= 4 is 11.6 Å². The highest BCUT2D eigenvalue weighted by Crippen LogP contribution is 2.32. The van der Waals surface area contributed by atoms with Crippen LogP contribution in [-0.4, -0.2) is 11.6 Å². The number of dihydropyridines is 1. The Hall–Kier alpha value is -1.43. The van der Waals surface area contributed by atoms with E-state index in [9.17, 15) is 4.79 Å². The van der Waals surface area contributed by atoms with Gasteiger partial charge in [0.05, 0.1) is 6.07 Å². The molecule has 1 heterocycles. The van der Waals surface area contributed by atoms with E-state index in [4.69, 9.17) is 5.26 Å². The van der Waals surface area contributed by atoms with Crippen molar-refractivity contribution in [2.24, 2.45) is 16.8 Å². The fourth-order valence-corrected chi connectivity index (χ4v) is 2.24. The number of rotatable bonds is 1. The molecule has 0 aromatic carbocycles. The van der Waals surface area contributed by atoms with Crippen molar-refractivity contribution in [2.45, 2.75) is 32.6 Å². The van der Waals surface area contributed by atoms with Crippen LogP contribution in [0.4, 0.5) is 0 Å². The van der Waals surface area contributed by atoms with Gasteiger partial charge in [-0.25, -0.2) is 4.99 Å². The Balaban J connectivity index is 2.23. The first-order valence-electron chi connectivity index (χ1n) is 5.46. The van der Waals surface area contributed by atoms with Gasteiger partial charge >= 0.3 is 0 Å². The van der Waals surface area contributed by atoms with Crippen LogP contribution in [0.1, 0.15) is 32.6 Å². The molecule has 0 saturated heterocycles. The second-order valence-corrected chi connectivity index (χ2v) is 4.21. The molecule has 15 heavy (non-hydrogen) atoms.